The first-order valence-corrected chi connectivity index (χ1v) is 4.52. The van der Waals surface area contributed by atoms with E-state index in [1.54, 1.807) is 0 Å². The van der Waals surface area contributed by atoms with Crippen LogP contribution < -0.4 is 51.4 Å². The predicted octanol–water partition coefficient (Wildman–Crippen LogP) is -3.43. The van der Waals surface area contributed by atoms with Crippen molar-refractivity contribution in [2.45, 2.75) is 0 Å². The molecule has 8 heavy (non-hydrogen) atoms. The van der Waals surface area contributed by atoms with Crippen molar-refractivity contribution in [3.05, 3.63) is 0 Å². The van der Waals surface area contributed by atoms with Crippen molar-refractivity contribution in [2.24, 2.45) is 0 Å². The summed E-state index contributed by atoms with van der Waals surface area (Å²) in [4.78, 5) is 0. The van der Waals surface area contributed by atoms with Crippen LogP contribution in [0.25, 0.3) is 0 Å². The Morgan fingerprint density at radius 1 is 1.00 bits per heavy atom. The van der Waals surface area contributed by atoms with E-state index < -0.39 is 30.8 Å². The third-order valence-corrected chi connectivity index (χ3v) is 2.27. The summed E-state index contributed by atoms with van der Waals surface area (Å²) in [5.74, 6) is 0. The van der Waals surface area contributed by atoms with Crippen molar-refractivity contribution in [3.8, 4) is 0 Å². The average molecular weight is 222 g/mol. The van der Waals surface area contributed by atoms with Crippen molar-refractivity contribution >= 4 is 0 Å². The van der Waals surface area contributed by atoms with Crippen LogP contribution in [-0.4, -0.2) is 0 Å². The van der Waals surface area contributed by atoms with Crippen LogP contribution in [0, 0.1) is 0 Å². The van der Waals surface area contributed by atoms with Gasteiger partial charge in [0.2, 0.25) is 0 Å². The van der Waals surface area contributed by atoms with E-state index in [0.717, 1.165) is 0 Å². The number of hydrogen-bond acceptors (Lipinski definition) is 5. The molecule has 0 bridgehead atoms. The molecule has 0 aromatic carbocycles. The summed E-state index contributed by atoms with van der Waals surface area (Å²) in [6.07, 6.45) is 0. The van der Waals surface area contributed by atoms with Crippen molar-refractivity contribution in [1.82, 2.24) is 0 Å². The maximum atomic E-state index is 9.34. The Morgan fingerprint density at radius 2 is 1.25 bits per heavy atom. The fourth-order valence-corrected chi connectivity index (χ4v) is 0.925. The standard InChI is InChI=1S/K.5O.2V.H/q+1;;;;;;;;-1. The van der Waals surface area contributed by atoms with Gasteiger partial charge < -0.3 is 1.43 Å². The fourth-order valence-electron chi connectivity index (χ4n) is 0.0544. The van der Waals surface area contributed by atoms with Crippen LogP contribution in [0.1, 0.15) is 1.43 Å². The Labute approximate surface area is 98.8 Å². The second-order valence-electron chi connectivity index (χ2n) is 0.529. The monoisotopic (exact) mass is 222 g/mol. The van der Waals surface area contributed by atoms with Gasteiger partial charge >= 0.3 is 99.5 Å². The summed E-state index contributed by atoms with van der Waals surface area (Å²) < 4.78 is 40.7. The van der Waals surface area contributed by atoms with Crippen molar-refractivity contribution < 1.29 is 101 Å². The zero-order valence-corrected chi connectivity index (χ0v) is 9.85. The fraction of sp³-hybridized carbons (Fsp3) is 0. The SMILES string of the molecule is [H-].[K+].[O]=[V](=[O])[O][V](=[O])=[O]. The molecule has 0 fully saturated rings. The van der Waals surface area contributed by atoms with Gasteiger partial charge in [-0.1, -0.05) is 0 Å². The van der Waals surface area contributed by atoms with Crippen molar-refractivity contribution in [1.29, 1.82) is 0 Å². The zero-order valence-electron chi connectivity index (χ0n) is 4.94. The topological polar surface area (TPSA) is 77.5 Å². The van der Waals surface area contributed by atoms with Crippen LogP contribution in [-0.2, 0) is 48.1 Å². The molecule has 8 heteroatoms. The molecule has 0 aromatic rings. The molecular weight excluding hydrogens is 221 g/mol. The molecule has 0 unspecified atom stereocenters. The van der Waals surface area contributed by atoms with Gasteiger partial charge in [-0.3, -0.25) is 0 Å². The van der Waals surface area contributed by atoms with Gasteiger partial charge in [0.25, 0.3) is 0 Å². The summed E-state index contributed by atoms with van der Waals surface area (Å²) >= 11 is -7.69. The van der Waals surface area contributed by atoms with E-state index in [0.29, 0.717) is 0 Å². The predicted molar refractivity (Wildman–Crippen MR) is 4.94 cm³/mol. The summed E-state index contributed by atoms with van der Waals surface area (Å²) in [6, 6.07) is 0. The summed E-state index contributed by atoms with van der Waals surface area (Å²) in [6.45, 7) is 0. The van der Waals surface area contributed by atoms with E-state index >= 15 is 0 Å². The number of hydrogen-bond donors (Lipinski definition) is 0. The van der Waals surface area contributed by atoms with E-state index in [2.05, 4.69) is 2.59 Å². The van der Waals surface area contributed by atoms with Crippen molar-refractivity contribution in [2.75, 3.05) is 0 Å². The van der Waals surface area contributed by atoms with Gasteiger partial charge in [-0.2, -0.15) is 0 Å². The van der Waals surface area contributed by atoms with Crippen molar-refractivity contribution in [3.63, 3.8) is 0 Å². The molecular formula is HKO5V2. The van der Waals surface area contributed by atoms with Gasteiger partial charge in [-0.15, -0.1) is 0 Å². The quantitative estimate of drug-likeness (QED) is 0.454. The van der Waals surface area contributed by atoms with Gasteiger partial charge in [0.15, 0.2) is 0 Å². The van der Waals surface area contributed by atoms with Crippen LogP contribution in [0.5, 0.6) is 0 Å². The Kier molecular flexibility index (Phi) is 11.2. The number of rotatable bonds is 2. The van der Waals surface area contributed by atoms with E-state index in [9.17, 15) is 14.7 Å². The molecule has 0 aliphatic carbocycles. The van der Waals surface area contributed by atoms with E-state index in [4.69, 9.17) is 0 Å². The molecule has 0 amide bonds. The molecule has 0 saturated heterocycles. The van der Waals surface area contributed by atoms with Gasteiger partial charge in [-0.25, -0.2) is 0 Å². The molecule has 0 radical (unpaired) electrons. The second-order valence-corrected chi connectivity index (χ2v) is 3.23. The van der Waals surface area contributed by atoms with Crippen LogP contribution in [0.2, 0.25) is 0 Å². The molecule has 5 nitrogen and oxygen atoms in total. The third kappa shape index (κ3) is 10.9. The molecule has 0 spiro atoms. The van der Waals surface area contributed by atoms with Crippen LogP contribution >= 0.6 is 0 Å². The Morgan fingerprint density at radius 3 is 1.25 bits per heavy atom. The second kappa shape index (κ2) is 7.08. The summed E-state index contributed by atoms with van der Waals surface area (Å²) in [5.41, 5.74) is 0. The minimum absolute atomic E-state index is 0. The molecule has 0 heterocycles. The van der Waals surface area contributed by atoms with Gasteiger partial charge in [0.05, 0.1) is 0 Å². The Balaban J connectivity index is -0.000000180. The normalized spacial score (nSPS) is 7.00. The first-order valence-electron chi connectivity index (χ1n) is 1.10. The first kappa shape index (κ1) is 12.6. The molecule has 0 aromatic heterocycles. The zero-order chi connectivity index (χ0) is 5.86. The molecule has 0 atom stereocenters. The minimum atomic E-state index is -3.84. The first-order chi connectivity index (χ1) is 3.13. The third-order valence-electron chi connectivity index (χ3n) is 0.133. The van der Waals surface area contributed by atoms with E-state index in [-0.39, 0.29) is 52.8 Å². The van der Waals surface area contributed by atoms with Crippen LogP contribution in [0.3, 0.4) is 0 Å². The maximum absolute atomic E-state index is 9.34. The summed E-state index contributed by atoms with van der Waals surface area (Å²) in [5, 5.41) is 0. The molecule has 0 N–H and O–H groups in total. The molecule has 42 valence electrons. The van der Waals surface area contributed by atoms with E-state index in [1.165, 1.54) is 0 Å². The Hall–Kier alpha value is 1.97. The summed E-state index contributed by atoms with van der Waals surface area (Å²) in [7, 11) is 0. The molecule has 0 saturated carbocycles. The molecule has 0 rings (SSSR count). The average Bonchev–Trinajstić information content (AvgIpc) is 1.27. The van der Waals surface area contributed by atoms with Gasteiger partial charge in [0, 0.05) is 0 Å². The van der Waals surface area contributed by atoms with Gasteiger partial charge in [-0.05, 0) is 0 Å². The molecule has 0 aliphatic heterocycles. The van der Waals surface area contributed by atoms with Crippen LogP contribution in [0.4, 0.5) is 0 Å². The molecule has 0 aliphatic rings. The van der Waals surface area contributed by atoms with Crippen LogP contribution in [0.15, 0.2) is 0 Å². The Bertz CT molecular complexity index is 143. The van der Waals surface area contributed by atoms with Gasteiger partial charge in [0.1, 0.15) is 0 Å². The van der Waals surface area contributed by atoms with E-state index in [1.807, 2.05) is 0 Å².